The molecule has 0 aromatic heterocycles. The molecular weight excluding hydrogens is 268 g/mol. The van der Waals surface area contributed by atoms with Crippen molar-refractivity contribution in [1.82, 2.24) is 10.2 Å². The summed E-state index contributed by atoms with van der Waals surface area (Å²) in [5.41, 5.74) is 0. The van der Waals surface area contributed by atoms with E-state index in [-0.39, 0.29) is 5.91 Å². The van der Waals surface area contributed by atoms with E-state index in [2.05, 4.69) is 24.1 Å². The fourth-order valence-corrected chi connectivity index (χ4v) is 4.44. The lowest BCUT2D eigenvalue weighted by molar-refractivity contribution is -0.123. The Morgan fingerprint density at radius 3 is 2.50 bits per heavy atom. The summed E-state index contributed by atoms with van der Waals surface area (Å²) in [6.07, 6.45) is 8.95. The zero-order valence-electron chi connectivity index (χ0n) is 13.1. The van der Waals surface area contributed by atoms with Crippen LogP contribution in [0.5, 0.6) is 0 Å². The number of hydrogen-bond acceptors (Lipinski definition) is 3. The molecule has 1 amide bonds. The maximum absolute atomic E-state index is 12.3. The van der Waals surface area contributed by atoms with Gasteiger partial charge in [0.2, 0.25) is 5.91 Å². The highest BCUT2D eigenvalue weighted by atomic mass is 32.2. The Morgan fingerprint density at radius 2 is 1.80 bits per heavy atom. The van der Waals surface area contributed by atoms with Crippen LogP contribution in [0.25, 0.3) is 0 Å². The van der Waals surface area contributed by atoms with E-state index in [0.717, 1.165) is 12.3 Å². The first-order valence-electron chi connectivity index (χ1n) is 8.32. The van der Waals surface area contributed by atoms with Crippen molar-refractivity contribution in [3.8, 4) is 0 Å². The van der Waals surface area contributed by atoms with Gasteiger partial charge in [0.1, 0.15) is 0 Å². The van der Waals surface area contributed by atoms with Crippen molar-refractivity contribution < 1.29 is 4.79 Å². The molecule has 2 fully saturated rings. The molecule has 1 saturated carbocycles. The topological polar surface area (TPSA) is 32.3 Å². The van der Waals surface area contributed by atoms with Crippen LogP contribution < -0.4 is 5.32 Å². The standard InChI is InChI=1S/C16H30N2OS/c1-13-14(2)20-11-10-18(13)12-16(19)17-15-8-6-4-3-5-7-9-15/h13-15H,3-12H2,1-2H3,(H,17,19)/t13-,14+/m1/s1. The first-order chi connectivity index (χ1) is 9.66. The van der Waals surface area contributed by atoms with Crippen LogP contribution in [0.4, 0.5) is 0 Å². The van der Waals surface area contributed by atoms with Crippen LogP contribution >= 0.6 is 11.8 Å². The fourth-order valence-electron chi connectivity index (χ4n) is 3.28. The van der Waals surface area contributed by atoms with Crippen molar-refractivity contribution >= 4 is 17.7 Å². The Morgan fingerprint density at radius 1 is 1.15 bits per heavy atom. The summed E-state index contributed by atoms with van der Waals surface area (Å²) >= 11 is 2.02. The highest BCUT2D eigenvalue weighted by Gasteiger charge is 2.27. The molecule has 4 heteroatoms. The Labute approximate surface area is 128 Å². The van der Waals surface area contributed by atoms with Crippen molar-refractivity contribution in [3.05, 3.63) is 0 Å². The van der Waals surface area contributed by atoms with Crippen LogP contribution in [-0.2, 0) is 4.79 Å². The van der Waals surface area contributed by atoms with E-state index in [1.165, 1.54) is 44.9 Å². The number of thioether (sulfide) groups is 1. The van der Waals surface area contributed by atoms with Gasteiger partial charge in [0, 0.05) is 29.6 Å². The van der Waals surface area contributed by atoms with Gasteiger partial charge in [-0.2, -0.15) is 11.8 Å². The number of nitrogens with one attached hydrogen (secondary N) is 1. The average Bonchev–Trinajstić information content (AvgIpc) is 2.38. The van der Waals surface area contributed by atoms with E-state index in [1.54, 1.807) is 0 Å². The maximum atomic E-state index is 12.3. The Bertz CT molecular complexity index is 303. The number of rotatable bonds is 3. The molecular formula is C16H30N2OS. The van der Waals surface area contributed by atoms with Gasteiger partial charge in [-0.1, -0.05) is 39.0 Å². The van der Waals surface area contributed by atoms with Gasteiger partial charge in [-0.3, -0.25) is 9.69 Å². The second-order valence-corrected chi connectivity index (χ2v) is 7.88. The van der Waals surface area contributed by atoms with Gasteiger partial charge in [0.25, 0.3) is 0 Å². The second-order valence-electron chi connectivity index (χ2n) is 6.40. The molecule has 0 spiro atoms. The Kier molecular flexibility index (Phi) is 6.69. The summed E-state index contributed by atoms with van der Waals surface area (Å²) in [6, 6.07) is 0.937. The lowest BCUT2D eigenvalue weighted by atomic mass is 9.97. The van der Waals surface area contributed by atoms with Gasteiger partial charge in [-0.05, 0) is 19.8 Å². The van der Waals surface area contributed by atoms with Crippen LogP contribution in [0.1, 0.15) is 58.8 Å². The van der Waals surface area contributed by atoms with Crippen molar-refractivity contribution in [2.75, 3.05) is 18.8 Å². The highest BCUT2D eigenvalue weighted by Crippen LogP contribution is 2.24. The third kappa shape index (κ3) is 4.96. The third-order valence-corrected chi connectivity index (χ3v) is 6.17. The normalized spacial score (nSPS) is 30.5. The third-order valence-electron chi connectivity index (χ3n) is 4.83. The second kappa shape index (κ2) is 8.28. The summed E-state index contributed by atoms with van der Waals surface area (Å²) in [5.74, 6) is 1.39. The fraction of sp³-hybridized carbons (Fsp3) is 0.938. The maximum Gasteiger partial charge on any atom is 0.234 e. The molecule has 0 aromatic rings. The molecule has 3 nitrogen and oxygen atoms in total. The van der Waals surface area contributed by atoms with Gasteiger partial charge in [-0.15, -0.1) is 0 Å². The van der Waals surface area contributed by atoms with E-state index >= 15 is 0 Å². The molecule has 0 unspecified atom stereocenters. The lowest BCUT2D eigenvalue weighted by Gasteiger charge is -2.37. The van der Waals surface area contributed by atoms with Crippen molar-refractivity contribution in [3.63, 3.8) is 0 Å². The van der Waals surface area contributed by atoms with Gasteiger partial charge >= 0.3 is 0 Å². The lowest BCUT2D eigenvalue weighted by Crippen LogP contribution is -2.50. The summed E-state index contributed by atoms with van der Waals surface area (Å²) in [6.45, 7) is 6.16. The van der Waals surface area contributed by atoms with E-state index in [4.69, 9.17) is 0 Å². The molecule has 1 aliphatic carbocycles. The number of amides is 1. The molecule has 0 radical (unpaired) electrons. The number of carbonyl (C=O) groups is 1. The van der Waals surface area contributed by atoms with Gasteiger partial charge in [0.05, 0.1) is 6.54 Å². The van der Waals surface area contributed by atoms with Gasteiger partial charge in [0.15, 0.2) is 0 Å². The smallest absolute Gasteiger partial charge is 0.234 e. The van der Waals surface area contributed by atoms with Crippen molar-refractivity contribution in [2.45, 2.75) is 76.1 Å². The Balaban J connectivity index is 1.76. The largest absolute Gasteiger partial charge is 0.352 e. The van der Waals surface area contributed by atoms with Crippen LogP contribution in [0.2, 0.25) is 0 Å². The highest BCUT2D eigenvalue weighted by molar-refractivity contribution is 8.00. The number of nitrogens with zero attached hydrogens (tertiary/aromatic N) is 1. The summed E-state index contributed by atoms with van der Waals surface area (Å²) in [5, 5.41) is 3.92. The quantitative estimate of drug-likeness (QED) is 0.869. The predicted molar refractivity (Wildman–Crippen MR) is 87.2 cm³/mol. The van der Waals surface area contributed by atoms with E-state index in [0.29, 0.717) is 23.9 Å². The zero-order valence-corrected chi connectivity index (χ0v) is 13.9. The number of hydrogen-bond donors (Lipinski definition) is 1. The summed E-state index contributed by atoms with van der Waals surface area (Å²) in [4.78, 5) is 14.6. The number of carbonyl (C=O) groups excluding carboxylic acids is 1. The minimum atomic E-state index is 0.238. The molecule has 1 N–H and O–H groups in total. The first kappa shape index (κ1) is 16.2. The first-order valence-corrected chi connectivity index (χ1v) is 9.36. The average molecular weight is 298 g/mol. The molecule has 1 saturated heterocycles. The van der Waals surface area contributed by atoms with Crippen molar-refractivity contribution in [1.29, 1.82) is 0 Å². The van der Waals surface area contributed by atoms with Gasteiger partial charge in [-0.25, -0.2) is 0 Å². The molecule has 116 valence electrons. The molecule has 2 aliphatic rings. The van der Waals surface area contributed by atoms with Crippen LogP contribution in [0, 0.1) is 0 Å². The molecule has 1 heterocycles. The molecule has 1 aliphatic heterocycles. The van der Waals surface area contributed by atoms with E-state index < -0.39 is 0 Å². The van der Waals surface area contributed by atoms with E-state index in [9.17, 15) is 4.79 Å². The summed E-state index contributed by atoms with van der Waals surface area (Å²) in [7, 11) is 0. The van der Waals surface area contributed by atoms with Crippen molar-refractivity contribution in [2.24, 2.45) is 0 Å². The minimum absolute atomic E-state index is 0.238. The van der Waals surface area contributed by atoms with Crippen LogP contribution in [-0.4, -0.2) is 47.0 Å². The zero-order chi connectivity index (χ0) is 14.4. The predicted octanol–water partition coefficient (Wildman–Crippen LogP) is 3.04. The molecule has 2 atom stereocenters. The van der Waals surface area contributed by atoms with Crippen LogP contribution in [0.15, 0.2) is 0 Å². The SMILES string of the molecule is C[C@@H]1SCCN(CC(=O)NC2CCCCCCC2)[C@@H]1C. The monoisotopic (exact) mass is 298 g/mol. The molecule has 20 heavy (non-hydrogen) atoms. The van der Waals surface area contributed by atoms with E-state index in [1.807, 2.05) is 11.8 Å². The molecule has 2 rings (SSSR count). The van der Waals surface area contributed by atoms with Gasteiger partial charge < -0.3 is 5.32 Å². The molecule has 0 bridgehead atoms. The summed E-state index contributed by atoms with van der Waals surface area (Å²) < 4.78 is 0. The Hall–Kier alpha value is -0.220. The van der Waals surface area contributed by atoms with Crippen LogP contribution in [0.3, 0.4) is 0 Å². The minimum Gasteiger partial charge on any atom is -0.352 e. The molecule has 0 aromatic carbocycles.